The number of carbonyl (C=O) groups excluding carboxylic acids is 1. The highest BCUT2D eigenvalue weighted by atomic mass is 32.2. The van der Waals surface area contributed by atoms with Crippen LogP contribution in [0.25, 0.3) is 0 Å². The Hall–Kier alpha value is -0.950. The first-order valence-electron chi connectivity index (χ1n) is 6.27. The monoisotopic (exact) mass is 302 g/mol. The van der Waals surface area contributed by atoms with Crippen LogP contribution in [0.5, 0.6) is 0 Å². The van der Waals surface area contributed by atoms with Crippen LogP contribution in [0.4, 0.5) is 5.13 Å². The summed E-state index contributed by atoms with van der Waals surface area (Å²) in [6.07, 6.45) is 0.835. The predicted octanol–water partition coefficient (Wildman–Crippen LogP) is 1.70. The van der Waals surface area contributed by atoms with E-state index in [0.717, 1.165) is 17.1 Å². The van der Waals surface area contributed by atoms with Gasteiger partial charge >= 0.3 is 0 Å². The molecule has 1 atom stereocenters. The Bertz CT molecular complexity index is 578. The van der Waals surface area contributed by atoms with Crippen molar-refractivity contribution in [1.82, 2.24) is 4.98 Å². The maximum atomic E-state index is 11.6. The van der Waals surface area contributed by atoms with Gasteiger partial charge in [0.05, 0.1) is 22.1 Å². The van der Waals surface area contributed by atoms with E-state index in [9.17, 15) is 13.2 Å². The van der Waals surface area contributed by atoms with Gasteiger partial charge in [0.25, 0.3) is 0 Å². The molecule has 0 radical (unpaired) electrons. The van der Waals surface area contributed by atoms with Crippen LogP contribution in [-0.4, -0.2) is 43.8 Å². The number of rotatable bonds is 3. The van der Waals surface area contributed by atoms with Crippen molar-refractivity contribution in [3.63, 3.8) is 0 Å². The number of hydrogen-bond acceptors (Lipinski definition) is 6. The Balaban J connectivity index is 2.30. The molecule has 2 rings (SSSR count). The molecule has 1 aliphatic rings. The van der Waals surface area contributed by atoms with Gasteiger partial charge in [-0.25, -0.2) is 13.4 Å². The van der Waals surface area contributed by atoms with E-state index >= 15 is 0 Å². The average Bonchev–Trinajstić information content (AvgIpc) is 2.71. The summed E-state index contributed by atoms with van der Waals surface area (Å²) in [5.41, 5.74) is 0.802. The lowest BCUT2D eigenvalue weighted by atomic mass is 10.1. The van der Waals surface area contributed by atoms with Gasteiger partial charge in [0.15, 0.2) is 21.3 Å². The lowest BCUT2D eigenvalue weighted by Gasteiger charge is -2.32. The second kappa shape index (κ2) is 5.20. The Kier molecular flexibility index (Phi) is 3.96. The van der Waals surface area contributed by atoms with E-state index in [0.29, 0.717) is 11.4 Å². The summed E-state index contributed by atoms with van der Waals surface area (Å²) in [4.78, 5) is 18.2. The van der Waals surface area contributed by atoms with Gasteiger partial charge in [0.1, 0.15) is 0 Å². The second-order valence-corrected chi connectivity index (χ2v) is 8.41. The topological polar surface area (TPSA) is 67.3 Å². The average molecular weight is 302 g/mol. The first-order valence-corrected chi connectivity index (χ1v) is 8.91. The predicted molar refractivity (Wildman–Crippen MR) is 77.1 cm³/mol. The number of nitrogens with zero attached hydrogens (tertiary/aromatic N) is 2. The summed E-state index contributed by atoms with van der Waals surface area (Å²) >= 11 is 1.35. The summed E-state index contributed by atoms with van der Waals surface area (Å²) < 4.78 is 23.1. The standard InChI is InChI=1S/C12H18N2O3S2/c1-8(2)11-10(6-15)18-12(13-11)14-4-5-19(16,17)7-9(14)3/h6,8-9H,4-5,7H2,1-3H3. The maximum absolute atomic E-state index is 11.6. The van der Waals surface area contributed by atoms with Gasteiger partial charge in [-0.3, -0.25) is 4.79 Å². The Morgan fingerprint density at radius 2 is 2.16 bits per heavy atom. The number of carbonyl (C=O) groups is 1. The zero-order valence-electron chi connectivity index (χ0n) is 11.3. The second-order valence-electron chi connectivity index (χ2n) is 5.18. The zero-order valence-corrected chi connectivity index (χ0v) is 12.9. The molecule has 1 unspecified atom stereocenters. The lowest BCUT2D eigenvalue weighted by molar-refractivity contribution is 0.112. The fourth-order valence-electron chi connectivity index (χ4n) is 2.24. The molecule has 1 fully saturated rings. The van der Waals surface area contributed by atoms with E-state index in [2.05, 4.69) is 4.98 Å². The zero-order chi connectivity index (χ0) is 14.2. The van der Waals surface area contributed by atoms with Crippen molar-refractivity contribution in [3.05, 3.63) is 10.6 Å². The summed E-state index contributed by atoms with van der Waals surface area (Å²) in [5, 5.41) is 0.758. The normalized spacial score (nSPS) is 22.7. The minimum absolute atomic E-state index is 0.0931. The third-order valence-corrected chi connectivity index (χ3v) is 6.07. The van der Waals surface area contributed by atoms with E-state index in [4.69, 9.17) is 0 Å². The fourth-order valence-corrected chi connectivity index (χ4v) is 4.95. The highest BCUT2D eigenvalue weighted by Crippen LogP contribution is 2.31. The van der Waals surface area contributed by atoms with Gasteiger partial charge in [-0.2, -0.15) is 0 Å². The Morgan fingerprint density at radius 3 is 2.63 bits per heavy atom. The van der Waals surface area contributed by atoms with Crippen LogP contribution in [0.1, 0.15) is 42.1 Å². The van der Waals surface area contributed by atoms with Gasteiger partial charge in [0.2, 0.25) is 0 Å². The molecule has 1 saturated heterocycles. The van der Waals surface area contributed by atoms with Crippen molar-refractivity contribution < 1.29 is 13.2 Å². The SMILES string of the molecule is CC(C)c1nc(N2CCS(=O)(=O)CC2C)sc1C=O. The van der Waals surface area contributed by atoms with Gasteiger partial charge < -0.3 is 4.90 Å². The van der Waals surface area contributed by atoms with Crippen molar-refractivity contribution in [2.45, 2.75) is 32.7 Å². The minimum atomic E-state index is -2.93. The van der Waals surface area contributed by atoms with Crippen molar-refractivity contribution in [2.24, 2.45) is 0 Å². The molecule has 106 valence electrons. The van der Waals surface area contributed by atoms with Gasteiger partial charge in [-0.1, -0.05) is 25.2 Å². The van der Waals surface area contributed by atoms with E-state index in [1.165, 1.54) is 11.3 Å². The van der Waals surface area contributed by atoms with Crippen molar-refractivity contribution in [3.8, 4) is 0 Å². The molecule has 19 heavy (non-hydrogen) atoms. The van der Waals surface area contributed by atoms with Gasteiger partial charge in [-0.05, 0) is 12.8 Å². The van der Waals surface area contributed by atoms with Crippen LogP contribution in [0.2, 0.25) is 0 Å². The van der Waals surface area contributed by atoms with E-state index in [1.807, 2.05) is 25.7 Å². The molecular formula is C12H18N2O3S2. The minimum Gasteiger partial charge on any atom is -0.343 e. The van der Waals surface area contributed by atoms with Crippen molar-refractivity contribution >= 4 is 32.6 Å². The van der Waals surface area contributed by atoms with Crippen LogP contribution >= 0.6 is 11.3 Å². The first kappa shape index (κ1) is 14.5. The van der Waals surface area contributed by atoms with E-state index in [1.54, 1.807) is 0 Å². The third-order valence-electron chi connectivity index (χ3n) is 3.24. The third kappa shape index (κ3) is 2.97. The summed E-state index contributed by atoms with van der Waals surface area (Å²) in [6.45, 7) is 6.33. The number of anilines is 1. The molecule has 0 bridgehead atoms. The number of thiazole rings is 1. The van der Waals surface area contributed by atoms with Gasteiger partial charge in [0, 0.05) is 12.6 Å². The molecule has 0 saturated carbocycles. The molecule has 0 amide bonds. The highest BCUT2D eigenvalue weighted by molar-refractivity contribution is 7.91. The largest absolute Gasteiger partial charge is 0.343 e. The van der Waals surface area contributed by atoms with Crippen LogP contribution in [-0.2, 0) is 9.84 Å². The molecule has 5 nitrogen and oxygen atoms in total. The molecule has 1 aromatic rings. The Labute approximate surface area is 117 Å². The maximum Gasteiger partial charge on any atom is 0.186 e. The molecule has 0 aliphatic carbocycles. The number of aldehydes is 1. The number of sulfone groups is 1. The fraction of sp³-hybridized carbons (Fsp3) is 0.667. The summed E-state index contributed by atoms with van der Waals surface area (Å²) in [5.74, 6) is 0.499. The van der Waals surface area contributed by atoms with Crippen LogP contribution < -0.4 is 4.90 Å². The number of hydrogen-bond donors (Lipinski definition) is 0. The molecular weight excluding hydrogens is 284 g/mol. The van der Waals surface area contributed by atoms with Crippen molar-refractivity contribution in [2.75, 3.05) is 23.0 Å². The molecule has 1 aromatic heterocycles. The highest BCUT2D eigenvalue weighted by Gasteiger charge is 2.30. The number of aromatic nitrogens is 1. The summed E-state index contributed by atoms with van der Waals surface area (Å²) in [6, 6.07) is -0.0931. The van der Waals surface area contributed by atoms with Crippen LogP contribution in [0, 0.1) is 0 Å². The quantitative estimate of drug-likeness (QED) is 0.795. The van der Waals surface area contributed by atoms with Gasteiger partial charge in [-0.15, -0.1) is 0 Å². The van der Waals surface area contributed by atoms with Crippen LogP contribution in [0.3, 0.4) is 0 Å². The molecule has 2 heterocycles. The first-order chi connectivity index (χ1) is 8.84. The molecule has 0 spiro atoms. The lowest BCUT2D eigenvalue weighted by Crippen LogP contribution is -2.47. The smallest absolute Gasteiger partial charge is 0.186 e. The van der Waals surface area contributed by atoms with E-state index < -0.39 is 9.84 Å². The molecule has 0 aromatic carbocycles. The molecule has 0 N–H and O–H groups in total. The Morgan fingerprint density at radius 1 is 1.47 bits per heavy atom. The van der Waals surface area contributed by atoms with Crippen LogP contribution in [0.15, 0.2) is 0 Å². The summed E-state index contributed by atoms with van der Waals surface area (Å²) in [7, 11) is -2.93. The molecule has 1 aliphatic heterocycles. The van der Waals surface area contributed by atoms with Crippen molar-refractivity contribution in [1.29, 1.82) is 0 Å². The van der Waals surface area contributed by atoms with E-state index in [-0.39, 0.29) is 23.5 Å². The molecule has 7 heteroatoms.